The molecule has 4 nitrogen and oxygen atoms in total. The van der Waals surface area contributed by atoms with Gasteiger partial charge in [0.25, 0.3) is 5.91 Å². The first-order valence-electron chi connectivity index (χ1n) is 9.20. The lowest BCUT2D eigenvalue weighted by molar-refractivity contribution is 0.0730. The maximum Gasteiger partial charge on any atom is 0.254 e. The number of aromatic nitrogens is 2. The van der Waals surface area contributed by atoms with Gasteiger partial charge in [-0.2, -0.15) is 0 Å². The molecule has 1 amide bonds. The number of rotatable bonds is 6. The maximum atomic E-state index is 13.3. The third kappa shape index (κ3) is 4.75. The van der Waals surface area contributed by atoms with Crippen LogP contribution >= 0.6 is 23.5 Å². The second-order valence-electron chi connectivity index (χ2n) is 6.57. The summed E-state index contributed by atoms with van der Waals surface area (Å²) in [5.41, 5.74) is 4.08. The fraction of sp³-hybridized carbons (Fsp3) is 0.227. The van der Waals surface area contributed by atoms with E-state index in [9.17, 15) is 4.79 Å². The van der Waals surface area contributed by atoms with Gasteiger partial charge in [-0.1, -0.05) is 18.2 Å². The highest BCUT2D eigenvalue weighted by Crippen LogP contribution is 2.45. The molecule has 28 heavy (non-hydrogen) atoms. The predicted octanol–water partition coefficient (Wildman–Crippen LogP) is 4.80. The van der Waals surface area contributed by atoms with Crippen molar-refractivity contribution in [3.05, 3.63) is 95.6 Å². The molecule has 0 unspecified atom stereocenters. The summed E-state index contributed by atoms with van der Waals surface area (Å²) in [5.74, 6) is 2.42. The van der Waals surface area contributed by atoms with Gasteiger partial charge in [-0.25, -0.2) is 0 Å². The van der Waals surface area contributed by atoms with Crippen LogP contribution in [-0.2, 0) is 13.1 Å². The topological polar surface area (TPSA) is 46.1 Å². The molecule has 1 aliphatic heterocycles. The quantitative estimate of drug-likeness (QED) is 0.587. The number of thioether (sulfide) groups is 2. The minimum absolute atomic E-state index is 0.0268. The lowest BCUT2D eigenvalue weighted by atomic mass is 10.1. The van der Waals surface area contributed by atoms with Crippen LogP contribution in [0.4, 0.5) is 0 Å². The molecule has 0 saturated carbocycles. The molecule has 3 aromatic rings. The number of carbonyl (C=O) groups is 1. The molecule has 1 aromatic carbocycles. The van der Waals surface area contributed by atoms with Crippen molar-refractivity contribution < 1.29 is 4.79 Å². The minimum Gasteiger partial charge on any atom is -0.330 e. The Kier molecular flexibility index (Phi) is 6.29. The number of pyridine rings is 2. The van der Waals surface area contributed by atoms with Crippen LogP contribution in [0.15, 0.2) is 73.3 Å². The molecule has 0 N–H and O–H groups in total. The molecule has 3 heterocycles. The summed E-state index contributed by atoms with van der Waals surface area (Å²) in [4.78, 5) is 23.4. The Labute approximate surface area is 173 Å². The van der Waals surface area contributed by atoms with Crippen LogP contribution in [0.25, 0.3) is 0 Å². The monoisotopic (exact) mass is 407 g/mol. The van der Waals surface area contributed by atoms with E-state index in [1.54, 1.807) is 18.6 Å². The van der Waals surface area contributed by atoms with Crippen molar-refractivity contribution in [2.75, 3.05) is 11.5 Å². The summed E-state index contributed by atoms with van der Waals surface area (Å²) < 4.78 is 0.493. The third-order valence-corrected chi connectivity index (χ3v) is 7.66. The van der Waals surface area contributed by atoms with Crippen LogP contribution in [0.1, 0.15) is 31.6 Å². The second kappa shape index (κ2) is 9.26. The molecule has 1 aliphatic rings. The SMILES string of the molecule is O=C(c1ccc(C2SCCS2)cc1)N(Cc1ccncc1)Cc1cccnc1. The summed E-state index contributed by atoms with van der Waals surface area (Å²) in [6.07, 6.45) is 7.07. The Hall–Kier alpha value is -2.31. The van der Waals surface area contributed by atoms with E-state index in [0.717, 1.165) is 16.7 Å². The average molecular weight is 408 g/mol. The largest absolute Gasteiger partial charge is 0.330 e. The highest BCUT2D eigenvalue weighted by atomic mass is 32.2. The molecule has 0 atom stereocenters. The summed E-state index contributed by atoms with van der Waals surface area (Å²) >= 11 is 3.95. The molecule has 4 rings (SSSR count). The average Bonchev–Trinajstić information content (AvgIpc) is 3.29. The van der Waals surface area contributed by atoms with Crippen molar-refractivity contribution >= 4 is 29.4 Å². The summed E-state index contributed by atoms with van der Waals surface area (Å²) in [6.45, 7) is 1.05. The first kappa shape index (κ1) is 19.0. The predicted molar refractivity (Wildman–Crippen MR) is 116 cm³/mol. The van der Waals surface area contributed by atoms with E-state index in [1.165, 1.54) is 17.1 Å². The van der Waals surface area contributed by atoms with Crippen LogP contribution in [0.3, 0.4) is 0 Å². The van der Waals surface area contributed by atoms with Crippen molar-refractivity contribution in [2.45, 2.75) is 17.7 Å². The molecule has 1 fully saturated rings. The number of nitrogens with zero attached hydrogens (tertiary/aromatic N) is 3. The van der Waals surface area contributed by atoms with E-state index in [1.807, 2.05) is 71.0 Å². The molecule has 6 heteroatoms. The summed E-state index contributed by atoms with van der Waals surface area (Å²) in [6, 6.07) is 15.9. The Bertz CT molecular complexity index is 857. The zero-order chi connectivity index (χ0) is 19.2. The van der Waals surface area contributed by atoms with E-state index < -0.39 is 0 Å². The Morgan fingerprint density at radius 3 is 2.29 bits per heavy atom. The van der Waals surface area contributed by atoms with Gasteiger partial charge in [-0.15, -0.1) is 23.5 Å². The van der Waals surface area contributed by atoms with Gasteiger partial charge >= 0.3 is 0 Å². The smallest absolute Gasteiger partial charge is 0.254 e. The number of benzene rings is 1. The first-order valence-corrected chi connectivity index (χ1v) is 11.3. The fourth-order valence-corrected chi connectivity index (χ4v) is 6.00. The minimum atomic E-state index is 0.0268. The van der Waals surface area contributed by atoms with Gasteiger partial charge in [-0.05, 0) is 47.0 Å². The molecule has 142 valence electrons. The van der Waals surface area contributed by atoms with E-state index in [2.05, 4.69) is 22.1 Å². The van der Waals surface area contributed by atoms with Crippen molar-refractivity contribution in [3.8, 4) is 0 Å². The van der Waals surface area contributed by atoms with Crippen LogP contribution < -0.4 is 0 Å². The highest BCUT2D eigenvalue weighted by molar-refractivity contribution is 8.19. The molecule has 0 spiro atoms. The van der Waals surface area contributed by atoms with Crippen molar-refractivity contribution in [1.29, 1.82) is 0 Å². The standard InChI is InChI=1S/C22H21N3OS2/c26-21(19-3-5-20(6-4-19)22-27-12-13-28-22)25(15-17-7-10-23-11-8-17)16-18-2-1-9-24-14-18/h1-11,14,22H,12-13,15-16H2. The van der Waals surface area contributed by atoms with Crippen LogP contribution in [-0.4, -0.2) is 32.3 Å². The molecular formula is C22H21N3OS2. The molecule has 0 radical (unpaired) electrons. The van der Waals surface area contributed by atoms with Crippen LogP contribution in [0.2, 0.25) is 0 Å². The lowest BCUT2D eigenvalue weighted by Crippen LogP contribution is -2.30. The Morgan fingerprint density at radius 1 is 0.893 bits per heavy atom. The summed E-state index contributed by atoms with van der Waals surface area (Å²) in [5, 5.41) is 0. The molecule has 2 aromatic heterocycles. The maximum absolute atomic E-state index is 13.3. The van der Waals surface area contributed by atoms with Gasteiger partial charge in [0.2, 0.25) is 0 Å². The Balaban J connectivity index is 1.54. The van der Waals surface area contributed by atoms with Crippen LogP contribution in [0, 0.1) is 0 Å². The van der Waals surface area contributed by atoms with E-state index in [-0.39, 0.29) is 5.91 Å². The van der Waals surface area contributed by atoms with Gasteiger partial charge in [0.15, 0.2) is 0 Å². The highest BCUT2D eigenvalue weighted by Gasteiger charge is 2.20. The van der Waals surface area contributed by atoms with Gasteiger partial charge in [0.05, 0.1) is 4.58 Å². The zero-order valence-corrected chi connectivity index (χ0v) is 17.0. The van der Waals surface area contributed by atoms with E-state index in [4.69, 9.17) is 0 Å². The third-order valence-electron chi connectivity index (χ3n) is 4.56. The van der Waals surface area contributed by atoms with Gasteiger partial charge in [-0.3, -0.25) is 14.8 Å². The number of carbonyl (C=O) groups excluding carboxylic acids is 1. The van der Waals surface area contributed by atoms with Gasteiger partial charge < -0.3 is 4.90 Å². The van der Waals surface area contributed by atoms with Crippen LogP contribution in [0.5, 0.6) is 0 Å². The van der Waals surface area contributed by atoms with Crippen molar-refractivity contribution in [2.24, 2.45) is 0 Å². The lowest BCUT2D eigenvalue weighted by Gasteiger charge is -2.23. The Morgan fingerprint density at radius 2 is 1.61 bits per heavy atom. The van der Waals surface area contributed by atoms with E-state index >= 15 is 0 Å². The van der Waals surface area contributed by atoms with E-state index in [0.29, 0.717) is 17.7 Å². The fourth-order valence-electron chi connectivity index (χ4n) is 3.14. The molecule has 1 saturated heterocycles. The number of amides is 1. The normalized spacial score (nSPS) is 14.1. The van der Waals surface area contributed by atoms with Crippen molar-refractivity contribution in [1.82, 2.24) is 14.9 Å². The summed E-state index contributed by atoms with van der Waals surface area (Å²) in [7, 11) is 0. The van der Waals surface area contributed by atoms with Gasteiger partial charge in [0.1, 0.15) is 0 Å². The number of hydrogen-bond donors (Lipinski definition) is 0. The zero-order valence-electron chi connectivity index (χ0n) is 15.4. The van der Waals surface area contributed by atoms with Crippen molar-refractivity contribution in [3.63, 3.8) is 0 Å². The molecule has 0 bridgehead atoms. The molecular weight excluding hydrogens is 386 g/mol. The van der Waals surface area contributed by atoms with Gasteiger partial charge in [0, 0.05) is 54.9 Å². The number of hydrogen-bond acceptors (Lipinski definition) is 5. The first-order chi connectivity index (χ1) is 13.8. The molecule has 0 aliphatic carbocycles. The second-order valence-corrected chi connectivity index (χ2v) is 9.30.